The predicted octanol–water partition coefficient (Wildman–Crippen LogP) is 3.19. The molecule has 2 rings (SSSR count). The Balaban J connectivity index is 2.13. The normalized spacial score (nSPS) is 10.1. The number of Topliss-reactive ketones (excluding diaryl/α,β-unsaturated/α-hetero) is 1. The first-order chi connectivity index (χ1) is 10.1. The summed E-state index contributed by atoms with van der Waals surface area (Å²) in [6.45, 7) is 2.48. The van der Waals surface area contributed by atoms with Crippen LogP contribution in [0.25, 0.3) is 0 Å². The molecule has 0 saturated carbocycles. The molecule has 0 radical (unpaired) electrons. The van der Waals surface area contributed by atoms with Crippen molar-refractivity contribution in [2.75, 3.05) is 0 Å². The van der Waals surface area contributed by atoms with Gasteiger partial charge in [-0.3, -0.25) is 9.59 Å². The van der Waals surface area contributed by atoms with Gasteiger partial charge in [-0.25, -0.2) is 0 Å². The summed E-state index contributed by atoms with van der Waals surface area (Å²) < 4.78 is 0. The van der Waals surface area contributed by atoms with Crippen LogP contribution in [0.15, 0.2) is 60.7 Å². The molecule has 2 aromatic rings. The molecule has 0 atom stereocenters. The maximum absolute atomic E-state index is 12.3. The number of benzene rings is 2. The Kier molecular flexibility index (Phi) is 5.27. The van der Waals surface area contributed by atoms with E-state index in [2.05, 4.69) is 0 Å². The molecular weight excluding hydrogens is 262 g/mol. The maximum Gasteiger partial charge on any atom is 0.230 e. The Bertz CT molecular complexity index is 552. The van der Waals surface area contributed by atoms with Gasteiger partial charge >= 0.3 is 0 Å². The molecule has 0 N–H and O–H groups in total. The van der Waals surface area contributed by atoms with Crippen molar-refractivity contribution in [3.8, 4) is 0 Å². The molecule has 3 nitrogen and oxygen atoms in total. The number of rotatable bonds is 6. The fourth-order valence-electron chi connectivity index (χ4n) is 2.16. The van der Waals surface area contributed by atoms with E-state index in [4.69, 9.17) is 0 Å². The molecule has 0 unspecified atom stereocenters. The third-order valence-electron chi connectivity index (χ3n) is 3.19. The minimum Gasteiger partial charge on any atom is -0.334 e. The van der Waals surface area contributed by atoms with Gasteiger partial charge in [-0.2, -0.15) is 0 Å². The lowest BCUT2D eigenvalue weighted by Gasteiger charge is -2.22. The van der Waals surface area contributed by atoms with E-state index in [-0.39, 0.29) is 18.1 Å². The van der Waals surface area contributed by atoms with E-state index in [1.807, 2.05) is 60.7 Å². The smallest absolute Gasteiger partial charge is 0.230 e. The Morgan fingerprint density at radius 2 is 1.24 bits per heavy atom. The van der Waals surface area contributed by atoms with Crippen LogP contribution in [0.2, 0.25) is 0 Å². The maximum atomic E-state index is 12.3. The molecule has 2 aromatic carbocycles. The lowest BCUT2D eigenvalue weighted by Crippen LogP contribution is -2.31. The van der Waals surface area contributed by atoms with Gasteiger partial charge < -0.3 is 4.90 Å². The zero-order chi connectivity index (χ0) is 15.1. The third-order valence-corrected chi connectivity index (χ3v) is 3.19. The van der Waals surface area contributed by atoms with E-state index in [0.29, 0.717) is 13.1 Å². The highest BCUT2D eigenvalue weighted by molar-refractivity contribution is 5.96. The van der Waals surface area contributed by atoms with Crippen LogP contribution in [0.4, 0.5) is 0 Å². The number of carbonyl (C=O) groups excluding carboxylic acids is 2. The van der Waals surface area contributed by atoms with Gasteiger partial charge in [0.1, 0.15) is 5.78 Å². The van der Waals surface area contributed by atoms with Crippen molar-refractivity contribution in [3.63, 3.8) is 0 Å². The van der Waals surface area contributed by atoms with E-state index >= 15 is 0 Å². The molecule has 3 heteroatoms. The van der Waals surface area contributed by atoms with Crippen molar-refractivity contribution >= 4 is 11.7 Å². The molecule has 0 fully saturated rings. The van der Waals surface area contributed by atoms with E-state index in [9.17, 15) is 9.59 Å². The molecule has 21 heavy (non-hydrogen) atoms. The Labute approximate surface area is 125 Å². The fraction of sp³-hybridized carbons (Fsp3) is 0.222. The fourth-order valence-corrected chi connectivity index (χ4v) is 2.16. The van der Waals surface area contributed by atoms with Gasteiger partial charge in [-0.1, -0.05) is 60.7 Å². The third kappa shape index (κ3) is 4.88. The minimum absolute atomic E-state index is 0.0420. The Morgan fingerprint density at radius 1 is 0.810 bits per heavy atom. The predicted molar refractivity (Wildman–Crippen MR) is 82.4 cm³/mol. The van der Waals surface area contributed by atoms with E-state index < -0.39 is 0 Å². The van der Waals surface area contributed by atoms with Crippen LogP contribution in [0.5, 0.6) is 0 Å². The molecule has 0 aliphatic rings. The second-order valence-corrected chi connectivity index (χ2v) is 5.10. The average Bonchev–Trinajstić information content (AvgIpc) is 2.48. The van der Waals surface area contributed by atoms with Crippen molar-refractivity contribution < 1.29 is 9.59 Å². The van der Waals surface area contributed by atoms with Gasteiger partial charge in [-0.05, 0) is 18.1 Å². The lowest BCUT2D eigenvalue weighted by molar-refractivity contribution is -0.135. The lowest BCUT2D eigenvalue weighted by atomic mass is 10.1. The number of carbonyl (C=O) groups is 2. The largest absolute Gasteiger partial charge is 0.334 e. The average molecular weight is 281 g/mol. The van der Waals surface area contributed by atoms with Crippen molar-refractivity contribution in [1.82, 2.24) is 4.90 Å². The van der Waals surface area contributed by atoms with Crippen LogP contribution >= 0.6 is 0 Å². The summed E-state index contributed by atoms with van der Waals surface area (Å²) in [6.07, 6.45) is -0.0420. The summed E-state index contributed by atoms with van der Waals surface area (Å²) in [5.74, 6) is -0.235. The number of ketones is 1. The monoisotopic (exact) mass is 281 g/mol. The van der Waals surface area contributed by atoms with Gasteiger partial charge in [0.2, 0.25) is 5.91 Å². The topological polar surface area (TPSA) is 37.4 Å². The first kappa shape index (κ1) is 15.0. The molecule has 1 amide bonds. The van der Waals surface area contributed by atoms with Crippen molar-refractivity contribution in [3.05, 3.63) is 71.8 Å². The quantitative estimate of drug-likeness (QED) is 0.763. The standard InChI is InChI=1S/C18H19NO2/c1-15(20)12-18(21)19(13-16-8-4-2-5-9-16)14-17-10-6-3-7-11-17/h2-11H,12-14H2,1H3. The zero-order valence-corrected chi connectivity index (χ0v) is 12.2. The van der Waals surface area contributed by atoms with Crippen LogP contribution in [-0.4, -0.2) is 16.6 Å². The van der Waals surface area contributed by atoms with E-state index in [1.54, 1.807) is 4.90 Å². The van der Waals surface area contributed by atoms with Crippen molar-refractivity contribution in [1.29, 1.82) is 0 Å². The minimum atomic E-state index is -0.129. The Morgan fingerprint density at radius 3 is 1.62 bits per heavy atom. The highest BCUT2D eigenvalue weighted by Gasteiger charge is 2.16. The summed E-state index contributed by atoms with van der Waals surface area (Å²) in [4.78, 5) is 25.2. The number of hydrogen-bond acceptors (Lipinski definition) is 2. The van der Waals surface area contributed by atoms with Crippen LogP contribution < -0.4 is 0 Å². The first-order valence-corrected chi connectivity index (χ1v) is 7.00. The molecular formula is C18H19NO2. The number of nitrogens with zero attached hydrogens (tertiary/aromatic N) is 1. The summed E-state index contributed by atoms with van der Waals surface area (Å²) in [5, 5.41) is 0. The molecule has 0 spiro atoms. The molecule has 0 aliphatic carbocycles. The second kappa shape index (κ2) is 7.39. The highest BCUT2D eigenvalue weighted by Crippen LogP contribution is 2.11. The summed E-state index contributed by atoms with van der Waals surface area (Å²) in [6, 6.07) is 19.6. The summed E-state index contributed by atoms with van der Waals surface area (Å²) in [5.41, 5.74) is 2.12. The van der Waals surface area contributed by atoms with Crippen LogP contribution in [-0.2, 0) is 22.7 Å². The van der Waals surface area contributed by atoms with E-state index in [0.717, 1.165) is 11.1 Å². The van der Waals surface area contributed by atoms with Gasteiger partial charge in [-0.15, -0.1) is 0 Å². The van der Waals surface area contributed by atoms with Crippen molar-refractivity contribution in [2.45, 2.75) is 26.4 Å². The van der Waals surface area contributed by atoms with Crippen LogP contribution in [0, 0.1) is 0 Å². The molecule has 108 valence electrons. The van der Waals surface area contributed by atoms with Gasteiger partial charge in [0.15, 0.2) is 0 Å². The van der Waals surface area contributed by atoms with Gasteiger partial charge in [0.25, 0.3) is 0 Å². The van der Waals surface area contributed by atoms with Crippen LogP contribution in [0.1, 0.15) is 24.5 Å². The number of hydrogen-bond donors (Lipinski definition) is 0. The molecule has 0 saturated heterocycles. The Hall–Kier alpha value is -2.42. The van der Waals surface area contributed by atoms with E-state index in [1.165, 1.54) is 6.92 Å². The number of amides is 1. The molecule has 0 bridgehead atoms. The van der Waals surface area contributed by atoms with Crippen LogP contribution in [0.3, 0.4) is 0 Å². The molecule has 0 heterocycles. The summed E-state index contributed by atoms with van der Waals surface area (Å²) in [7, 11) is 0. The van der Waals surface area contributed by atoms with Crippen molar-refractivity contribution in [2.24, 2.45) is 0 Å². The van der Waals surface area contributed by atoms with Gasteiger partial charge in [0, 0.05) is 13.1 Å². The first-order valence-electron chi connectivity index (χ1n) is 7.00. The molecule has 0 aliphatic heterocycles. The SMILES string of the molecule is CC(=O)CC(=O)N(Cc1ccccc1)Cc1ccccc1. The second-order valence-electron chi connectivity index (χ2n) is 5.10. The summed E-state index contributed by atoms with van der Waals surface area (Å²) >= 11 is 0. The van der Waals surface area contributed by atoms with Gasteiger partial charge in [0.05, 0.1) is 6.42 Å². The highest BCUT2D eigenvalue weighted by atomic mass is 16.2. The zero-order valence-electron chi connectivity index (χ0n) is 12.2. The molecule has 0 aromatic heterocycles.